The lowest BCUT2D eigenvalue weighted by Crippen LogP contribution is -2.18. The summed E-state index contributed by atoms with van der Waals surface area (Å²) < 4.78 is 32.8. The summed E-state index contributed by atoms with van der Waals surface area (Å²) >= 11 is 0. The Bertz CT molecular complexity index is 1280. The first-order valence-electron chi connectivity index (χ1n) is 9.82. The third-order valence-electron chi connectivity index (χ3n) is 5.06. The van der Waals surface area contributed by atoms with Crippen LogP contribution in [-0.2, 0) is 14.8 Å². The van der Waals surface area contributed by atoms with E-state index in [2.05, 4.69) is 10.0 Å². The minimum Gasteiger partial charge on any atom is -0.465 e. The average molecular weight is 453 g/mol. The number of esters is 1. The molecule has 3 aromatic carbocycles. The molecule has 0 saturated carbocycles. The number of sulfonamides is 1. The van der Waals surface area contributed by atoms with Gasteiger partial charge in [-0.3, -0.25) is 9.52 Å². The Morgan fingerprint density at radius 1 is 0.875 bits per heavy atom. The van der Waals surface area contributed by atoms with Gasteiger partial charge in [0.2, 0.25) is 0 Å². The van der Waals surface area contributed by atoms with Gasteiger partial charge in [-0.2, -0.15) is 0 Å². The van der Waals surface area contributed by atoms with Crippen molar-refractivity contribution in [2.45, 2.75) is 25.7 Å². The normalized spacial score (nSPS) is 11.0. The first-order chi connectivity index (χ1) is 15.1. The molecule has 166 valence electrons. The number of hydrogen-bond donors (Lipinski definition) is 2. The number of carbonyl (C=O) groups excluding carboxylic acids is 2. The van der Waals surface area contributed by atoms with Crippen LogP contribution in [0.2, 0.25) is 0 Å². The lowest BCUT2D eigenvalue weighted by atomic mass is 10.1. The standard InChI is InChI=1S/C24H24N2O5S/c1-15-8-12-19(13-9-15)32(29,30)26-21-7-5-6-20(17(21)3)23(27)25-22-14-18(24(28)31-4)11-10-16(22)2/h5-14,26H,1-4H3,(H,25,27). The lowest BCUT2D eigenvalue weighted by molar-refractivity contribution is 0.0600. The molecule has 3 rings (SSSR count). The fourth-order valence-electron chi connectivity index (χ4n) is 3.10. The summed E-state index contributed by atoms with van der Waals surface area (Å²) in [5, 5.41) is 2.79. The summed E-state index contributed by atoms with van der Waals surface area (Å²) in [6.07, 6.45) is 0. The van der Waals surface area contributed by atoms with E-state index in [0.717, 1.165) is 11.1 Å². The van der Waals surface area contributed by atoms with E-state index in [1.54, 1.807) is 62.4 Å². The number of hydrogen-bond acceptors (Lipinski definition) is 5. The smallest absolute Gasteiger partial charge is 0.337 e. The number of amides is 1. The molecule has 7 nitrogen and oxygen atoms in total. The largest absolute Gasteiger partial charge is 0.465 e. The van der Waals surface area contributed by atoms with Gasteiger partial charge >= 0.3 is 5.97 Å². The summed E-state index contributed by atoms with van der Waals surface area (Å²) in [7, 11) is -2.53. The van der Waals surface area contributed by atoms with Gasteiger partial charge in [0, 0.05) is 11.3 Å². The SMILES string of the molecule is COC(=O)c1ccc(C)c(NC(=O)c2cccc(NS(=O)(=O)c3ccc(C)cc3)c2C)c1. The minimum atomic E-state index is -3.81. The molecule has 0 unspecified atom stereocenters. The van der Waals surface area contributed by atoms with E-state index in [1.807, 2.05) is 6.92 Å². The van der Waals surface area contributed by atoms with Crippen molar-refractivity contribution in [3.63, 3.8) is 0 Å². The maximum Gasteiger partial charge on any atom is 0.337 e. The van der Waals surface area contributed by atoms with Crippen molar-refractivity contribution in [3.05, 3.63) is 88.5 Å². The van der Waals surface area contributed by atoms with E-state index in [4.69, 9.17) is 4.74 Å². The van der Waals surface area contributed by atoms with Crippen LogP contribution < -0.4 is 10.0 Å². The van der Waals surface area contributed by atoms with Crippen molar-refractivity contribution in [1.82, 2.24) is 0 Å². The van der Waals surface area contributed by atoms with Crippen molar-refractivity contribution in [3.8, 4) is 0 Å². The van der Waals surface area contributed by atoms with Crippen LogP contribution in [0.1, 0.15) is 37.4 Å². The molecule has 0 atom stereocenters. The fourth-order valence-corrected chi connectivity index (χ4v) is 4.23. The molecule has 2 N–H and O–H groups in total. The van der Waals surface area contributed by atoms with Crippen LogP contribution in [0.3, 0.4) is 0 Å². The quantitative estimate of drug-likeness (QED) is 0.538. The Morgan fingerprint density at radius 2 is 1.56 bits per heavy atom. The Balaban J connectivity index is 1.88. The second-order valence-corrected chi connectivity index (χ2v) is 9.05. The molecule has 0 heterocycles. The molecule has 0 aliphatic heterocycles. The topological polar surface area (TPSA) is 102 Å². The van der Waals surface area contributed by atoms with Crippen molar-refractivity contribution in [2.75, 3.05) is 17.1 Å². The molecule has 32 heavy (non-hydrogen) atoms. The predicted molar refractivity (Wildman–Crippen MR) is 124 cm³/mol. The van der Waals surface area contributed by atoms with Crippen LogP contribution in [0.25, 0.3) is 0 Å². The van der Waals surface area contributed by atoms with Crippen molar-refractivity contribution in [1.29, 1.82) is 0 Å². The van der Waals surface area contributed by atoms with Gasteiger partial charge in [-0.25, -0.2) is 13.2 Å². The van der Waals surface area contributed by atoms with E-state index in [9.17, 15) is 18.0 Å². The number of methoxy groups -OCH3 is 1. The zero-order valence-electron chi connectivity index (χ0n) is 18.2. The fraction of sp³-hybridized carbons (Fsp3) is 0.167. The highest BCUT2D eigenvalue weighted by molar-refractivity contribution is 7.92. The van der Waals surface area contributed by atoms with Crippen LogP contribution in [0.4, 0.5) is 11.4 Å². The highest BCUT2D eigenvalue weighted by atomic mass is 32.2. The van der Waals surface area contributed by atoms with Gasteiger partial charge in [-0.05, 0) is 68.3 Å². The second-order valence-electron chi connectivity index (χ2n) is 7.37. The van der Waals surface area contributed by atoms with Crippen LogP contribution in [0.5, 0.6) is 0 Å². The molecular weight excluding hydrogens is 428 g/mol. The summed E-state index contributed by atoms with van der Waals surface area (Å²) in [6, 6.07) is 16.2. The highest BCUT2D eigenvalue weighted by Gasteiger charge is 2.19. The summed E-state index contributed by atoms with van der Waals surface area (Å²) in [5.41, 5.74) is 3.57. The number of aryl methyl sites for hydroxylation is 2. The Kier molecular flexibility index (Phi) is 6.64. The molecule has 1 amide bonds. The van der Waals surface area contributed by atoms with Crippen molar-refractivity contribution >= 4 is 33.3 Å². The number of anilines is 2. The monoisotopic (exact) mass is 452 g/mol. The van der Waals surface area contributed by atoms with E-state index < -0.39 is 21.9 Å². The molecule has 8 heteroatoms. The van der Waals surface area contributed by atoms with Gasteiger partial charge in [0.05, 0.1) is 23.3 Å². The van der Waals surface area contributed by atoms with Crippen LogP contribution in [0, 0.1) is 20.8 Å². The molecule has 0 aliphatic carbocycles. The zero-order valence-corrected chi connectivity index (χ0v) is 19.0. The van der Waals surface area contributed by atoms with Gasteiger partial charge in [0.15, 0.2) is 0 Å². The molecular formula is C24H24N2O5S. The number of rotatable bonds is 6. The van der Waals surface area contributed by atoms with Crippen molar-refractivity contribution in [2.24, 2.45) is 0 Å². The van der Waals surface area contributed by atoms with Crippen LogP contribution >= 0.6 is 0 Å². The average Bonchev–Trinajstić information content (AvgIpc) is 2.76. The number of nitrogens with one attached hydrogen (secondary N) is 2. The highest BCUT2D eigenvalue weighted by Crippen LogP contribution is 2.25. The molecule has 0 aliphatic rings. The Hall–Kier alpha value is -3.65. The third-order valence-corrected chi connectivity index (χ3v) is 6.44. The second kappa shape index (κ2) is 9.23. The Labute approximate surface area is 187 Å². The van der Waals surface area contributed by atoms with Gasteiger partial charge in [0.25, 0.3) is 15.9 Å². The molecule has 0 spiro atoms. The summed E-state index contributed by atoms with van der Waals surface area (Å²) in [5.74, 6) is -0.937. The number of carbonyl (C=O) groups is 2. The zero-order chi connectivity index (χ0) is 23.5. The predicted octanol–water partition coefficient (Wildman–Crippen LogP) is 4.45. The maximum atomic E-state index is 13.0. The minimum absolute atomic E-state index is 0.132. The summed E-state index contributed by atoms with van der Waals surface area (Å²) in [6.45, 7) is 5.34. The van der Waals surface area contributed by atoms with E-state index in [1.165, 1.54) is 19.2 Å². The molecule has 0 bridgehead atoms. The van der Waals surface area contributed by atoms with E-state index >= 15 is 0 Å². The van der Waals surface area contributed by atoms with Gasteiger partial charge in [-0.15, -0.1) is 0 Å². The van der Waals surface area contributed by atoms with Crippen LogP contribution in [0.15, 0.2) is 65.6 Å². The molecule has 0 radical (unpaired) electrons. The molecule has 0 aromatic heterocycles. The van der Waals surface area contributed by atoms with Gasteiger partial charge in [0.1, 0.15) is 0 Å². The van der Waals surface area contributed by atoms with E-state index in [0.29, 0.717) is 28.1 Å². The lowest BCUT2D eigenvalue weighted by Gasteiger charge is -2.15. The molecule has 3 aromatic rings. The number of benzene rings is 3. The summed E-state index contributed by atoms with van der Waals surface area (Å²) in [4.78, 5) is 24.9. The van der Waals surface area contributed by atoms with Gasteiger partial charge in [-0.1, -0.05) is 29.8 Å². The van der Waals surface area contributed by atoms with Gasteiger partial charge < -0.3 is 10.1 Å². The molecule has 0 fully saturated rings. The van der Waals surface area contributed by atoms with Crippen LogP contribution in [-0.4, -0.2) is 27.4 Å². The third kappa shape index (κ3) is 4.97. The first kappa shape index (κ1) is 23.0. The maximum absolute atomic E-state index is 13.0. The first-order valence-corrected chi connectivity index (χ1v) is 11.3. The number of ether oxygens (including phenoxy) is 1. The molecule has 0 saturated heterocycles. The van der Waals surface area contributed by atoms with Crippen molar-refractivity contribution < 1.29 is 22.7 Å². The Morgan fingerprint density at radius 3 is 2.22 bits per heavy atom. The van der Waals surface area contributed by atoms with E-state index in [-0.39, 0.29) is 4.90 Å².